The van der Waals surface area contributed by atoms with Crippen LogP contribution in [0.25, 0.3) is 0 Å². The normalized spacial score (nSPS) is 11.6. The van der Waals surface area contributed by atoms with Gasteiger partial charge in [0.2, 0.25) is 5.91 Å². The zero-order chi connectivity index (χ0) is 18.6. The average Bonchev–Trinajstić information content (AvgIpc) is 2.50. The third-order valence-electron chi connectivity index (χ3n) is 3.89. The molecule has 0 aromatic heterocycles. The van der Waals surface area contributed by atoms with Crippen LogP contribution in [0.4, 0.5) is 18.9 Å². The summed E-state index contributed by atoms with van der Waals surface area (Å²) < 4.78 is 37.7. The van der Waals surface area contributed by atoms with Crippen molar-refractivity contribution >= 4 is 11.6 Å². The number of likely N-dealkylation sites (N-methyl/N-ethyl adjacent to an activating group) is 1. The van der Waals surface area contributed by atoms with E-state index >= 15 is 0 Å². The van der Waals surface area contributed by atoms with Gasteiger partial charge in [0.15, 0.2) is 0 Å². The van der Waals surface area contributed by atoms with E-state index in [1.165, 1.54) is 12.1 Å². The van der Waals surface area contributed by atoms with Crippen LogP contribution in [0.1, 0.15) is 22.3 Å². The summed E-state index contributed by atoms with van der Waals surface area (Å²) in [5, 5.41) is 2.89. The number of nitrogens with one attached hydrogen (secondary N) is 1. The molecule has 25 heavy (non-hydrogen) atoms. The third kappa shape index (κ3) is 5.32. The fraction of sp³-hybridized carbons (Fsp3) is 0.316. The Morgan fingerprint density at radius 3 is 2.12 bits per heavy atom. The second kappa shape index (κ2) is 7.70. The predicted molar refractivity (Wildman–Crippen MR) is 92.3 cm³/mol. The fourth-order valence-corrected chi connectivity index (χ4v) is 2.60. The highest BCUT2D eigenvalue weighted by atomic mass is 19.4. The van der Waals surface area contributed by atoms with Gasteiger partial charge in [-0.3, -0.25) is 9.69 Å². The van der Waals surface area contributed by atoms with E-state index < -0.39 is 11.7 Å². The van der Waals surface area contributed by atoms with Gasteiger partial charge in [-0.25, -0.2) is 0 Å². The number of amides is 1. The zero-order valence-corrected chi connectivity index (χ0v) is 14.4. The molecule has 0 aliphatic heterocycles. The highest BCUT2D eigenvalue weighted by Crippen LogP contribution is 2.29. The van der Waals surface area contributed by atoms with E-state index in [1.807, 2.05) is 32.0 Å². The molecule has 0 saturated heterocycles. The first-order valence-corrected chi connectivity index (χ1v) is 7.87. The molecule has 0 unspecified atom stereocenters. The molecule has 134 valence electrons. The van der Waals surface area contributed by atoms with Crippen molar-refractivity contribution in [2.24, 2.45) is 0 Å². The van der Waals surface area contributed by atoms with Crippen molar-refractivity contribution < 1.29 is 18.0 Å². The number of carbonyl (C=O) groups is 1. The van der Waals surface area contributed by atoms with Crippen molar-refractivity contribution in [3.8, 4) is 0 Å². The van der Waals surface area contributed by atoms with Crippen LogP contribution >= 0.6 is 0 Å². The number of nitrogens with zero attached hydrogens (tertiary/aromatic N) is 1. The number of rotatable bonds is 5. The molecule has 0 bridgehead atoms. The van der Waals surface area contributed by atoms with E-state index in [9.17, 15) is 18.0 Å². The van der Waals surface area contributed by atoms with Gasteiger partial charge in [0.05, 0.1) is 12.1 Å². The Bertz CT molecular complexity index is 719. The first-order valence-electron chi connectivity index (χ1n) is 7.87. The summed E-state index contributed by atoms with van der Waals surface area (Å²) in [4.78, 5) is 14.0. The molecule has 0 atom stereocenters. The van der Waals surface area contributed by atoms with Crippen molar-refractivity contribution in [1.82, 2.24) is 4.90 Å². The lowest BCUT2D eigenvalue weighted by Gasteiger charge is -2.18. The molecular formula is C19H21F3N2O. The number of hydrogen-bond donors (Lipinski definition) is 1. The van der Waals surface area contributed by atoms with Crippen LogP contribution in [-0.4, -0.2) is 24.4 Å². The highest BCUT2D eigenvalue weighted by molar-refractivity contribution is 5.93. The average molecular weight is 350 g/mol. The lowest BCUT2D eigenvalue weighted by molar-refractivity contribution is -0.137. The minimum atomic E-state index is -4.34. The van der Waals surface area contributed by atoms with Crippen LogP contribution < -0.4 is 5.32 Å². The predicted octanol–water partition coefficient (Wildman–Crippen LogP) is 4.39. The Labute approximate surface area is 145 Å². The fourth-order valence-electron chi connectivity index (χ4n) is 2.60. The number of benzene rings is 2. The van der Waals surface area contributed by atoms with Gasteiger partial charge >= 0.3 is 6.18 Å². The smallest absolute Gasteiger partial charge is 0.324 e. The van der Waals surface area contributed by atoms with E-state index in [0.717, 1.165) is 34.5 Å². The molecule has 3 nitrogen and oxygen atoms in total. The van der Waals surface area contributed by atoms with E-state index in [-0.39, 0.29) is 12.5 Å². The van der Waals surface area contributed by atoms with Crippen LogP contribution in [0, 0.1) is 13.8 Å². The highest BCUT2D eigenvalue weighted by Gasteiger charge is 2.29. The van der Waals surface area contributed by atoms with Gasteiger partial charge in [0, 0.05) is 12.2 Å². The lowest BCUT2D eigenvalue weighted by atomic mass is 10.1. The molecule has 0 spiro atoms. The van der Waals surface area contributed by atoms with Crippen LogP contribution in [0.3, 0.4) is 0 Å². The molecule has 0 aliphatic rings. The van der Waals surface area contributed by atoms with Gasteiger partial charge in [-0.05, 0) is 49.7 Å². The molecule has 2 aromatic carbocycles. The maximum absolute atomic E-state index is 12.6. The number of halogens is 3. The van der Waals surface area contributed by atoms with Crippen LogP contribution in [-0.2, 0) is 17.5 Å². The summed E-state index contributed by atoms with van der Waals surface area (Å²) in [5.41, 5.74) is 2.81. The van der Waals surface area contributed by atoms with E-state index in [4.69, 9.17) is 0 Å². The molecule has 0 heterocycles. The van der Waals surface area contributed by atoms with Crippen LogP contribution in [0.5, 0.6) is 0 Å². The van der Waals surface area contributed by atoms with Gasteiger partial charge in [0.1, 0.15) is 0 Å². The first kappa shape index (κ1) is 19.0. The van der Waals surface area contributed by atoms with Crippen molar-refractivity contribution in [2.75, 3.05) is 18.9 Å². The molecular weight excluding hydrogens is 329 g/mol. The number of para-hydroxylation sites is 1. The Morgan fingerprint density at radius 1 is 1.04 bits per heavy atom. The molecule has 6 heteroatoms. The van der Waals surface area contributed by atoms with Crippen molar-refractivity contribution in [3.63, 3.8) is 0 Å². The molecule has 0 aliphatic carbocycles. The minimum Gasteiger partial charge on any atom is -0.324 e. The monoisotopic (exact) mass is 350 g/mol. The largest absolute Gasteiger partial charge is 0.416 e. The minimum absolute atomic E-state index is 0.148. The second-order valence-corrected chi connectivity index (χ2v) is 6.18. The Balaban J connectivity index is 1.93. The summed E-state index contributed by atoms with van der Waals surface area (Å²) in [7, 11) is 1.75. The SMILES string of the molecule is Cc1cccc(C)c1NC(=O)CN(C)Cc1ccc(C(F)(F)F)cc1. The first-order chi connectivity index (χ1) is 11.7. The Kier molecular flexibility index (Phi) is 5.85. The zero-order valence-electron chi connectivity index (χ0n) is 14.4. The molecule has 0 saturated carbocycles. The van der Waals surface area contributed by atoms with E-state index in [2.05, 4.69) is 5.32 Å². The lowest BCUT2D eigenvalue weighted by Crippen LogP contribution is -2.30. The summed E-state index contributed by atoms with van der Waals surface area (Å²) >= 11 is 0. The quantitative estimate of drug-likeness (QED) is 0.867. The molecule has 2 aromatic rings. The van der Waals surface area contributed by atoms with Gasteiger partial charge in [-0.2, -0.15) is 13.2 Å². The molecule has 0 radical (unpaired) electrons. The van der Waals surface area contributed by atoms with Gasteiger partial charge in [-0.1, -0.05) is 30.3 Å². The number of hydrogen-bond acceptors (Lipinski definition) is 2. The van der Waals surface area contributed by atoms with Gasteiger partial charge in [-0.15, -0.1) is 0 Å². The molecule has 1 N–H and O–H groups in total. The number of anilines is 1. The number of alkyl halides is 3. The summed E-state index contributed by atoms with van der Waals surface area (Å²) in [6.45, 7) is 4.39. The van der Waals surface area contributed by atoms with Gasteiger partial charge in [0.25, 0.3) is 0 Å². The van der Waals surface area contributed by atoms with Crippen molar-refractivity contribution in [1.29, 1.82) is 0 Å². The molecule has 0 fully saturated rings. The third-order valence-corrected chi connectivity index (χ3v) is 3.89. The number of carbonyl (C=O) groups excluding carboxylic acids is 1. The van der Waals surface area contributed by atoms with Crippen LogP contribution in [0.15, 0.2) is 42.5 Å². The summed E-state index contributed by atoms with van der Waals surface area (Å²) in [6.07, 6.45) is -4.34. The second-order valence-electron chi connectivity index (χ2n) is 6.18. The maximum Gasteiger partial charge on any atom is 0.416 e. The topological polar surface area (TPSA) is 32.3 Å². The van der Waals surface area contributed by atoms with E-state index in [0.29, 0.717) is 6.54 Å². The van der Waals surface area contributed by atoms with Crippen molar-refractivity contribution in [2.45, 2.75) is 26.6 Å². The summed E-state index contributed by atoms with van der Waals surface area (Å²) in [5.74, 6) is -0.160. The maximum atomic E-state index is 12.6. The van der Waals surface area contributed by atoms with Crippen molar-refractivity contribution in [3.05, 3.63) is 64.7 Å². The Morgan fingerprint density at radius 2 is 1.60 bits per heavy atom. The van der Waals surface area contributed by atoms with Gasteiger partial charge < -0.3 is 5.32 Å². The number of aryl methyl sites for hydroxylation is 2. The van der Waals surface area contributed by atoms with Crippen LogP contribution in [0.2, 0.25) is 0 Å². The molecule has 1 amide bonds. The van der Waals surface area contributed by atoms with E-state index in [1.54, 1.807) is 11.9 Å². The standard InChI is InChI=1S/C19H21F3N2O/c1-13-5-4-6-14(2)18(13)23-17(25)12-24(3)11-15-7-9-16(10-8-15)19(20,21)22/h4-10H,11-12H2,1-3H3,(H,23,25). The molecule has 2 rings (SSSR count). The Hall–Kier alpha value is -2.34. The summed E-state index contributed by atoms with van der Waals surface area (Å²) in [6, 6.07) is 10.8.